The number of rotatable bonds is 8. The van der Waals surface area contributed by atoms with Crippen LogP contribution in [0.4, 0.5) is 11.4 Å². The number of nitro groups is 1. The van der Waals surface area contributed by atoms with E-state index in [9.17, 15) is 19.7 Å². The van der Waals surface area contributed by atoms with Gasteiger partial charge >= 0.3 is 0 Å². The molecule has 9 heteroatoms. The third kappa shape index (κ3) is 7.85. The van der Waals surface area contributed by atoms with Crippen LogP contribution in [-0.4, -0.2) is 20.4 Å². The van der Waals surface area contributed by atoms with Crippen molar-refractivity contribution in [3.63, 3.8) is 0 Å². The molecule has 0 aliphatic heterocycles. The molecular formula is C20H17Cl3N2O4. The van der Waals surface area contributed by atoms with Gasteiger partial charge in [-0.05, 0) is 17.7 Å². The van der Waals surface area contributed by atoms with E-state index in [1.54, 1.807) is 6.08 Å². The van der Waals surface area contributed by atoms with E-state index in [0.717, 1.165) is 5.56 Å². The lowest BCUT2D eigenvalue weighted by molar-refractivity contribution is -0.384. The molecule has 0 aliphatic rings. The van der Waals surface area contributed by atoms with Crippen LogP contribution in [-0.2, 0) is 9.59 Å². The Hall–Kier alpha value is -2.41. The molecule has 6 nitrogen and oxygen atoms in total. The summed E-state index contributed by atoms with van der Waals surface area (Å²) >= 11 is 17.9. The molecule has 0 spiro atoms. The monoisotopic (exact) mass is 454 g/mol. The Bertz CT molecular complexity index is 911. The summed E-state index contributed by atoms with van der Waals surface area (Å²) in [4.78, 5) is 34.8. The molecule has 2 rings (SSSR count). The Morgan fingerprint density at radius 2 is 1.76 bits per heavy atom. The number of nitro benzene ring substituents is 1. The highest BCUT2D eigenvalue weighted by Gasteiger charge is 2.35. The van der Waals surface area contributed by atoms with Crippen molar-refractivity contribution in [2.24, 2.45) is 5.92 Å². The van der Waals surface area contributed by atoms with Crippen molar-refractivity contribution >= 4 is 63.9 Å². The lowest BCUT2D eigenvalue weighted by Crippen LogP contribution is -2.27. The third-order valence-electron chi connectivity index (χ3n) is 3.94. The van der Waals surface area contributed by atoms with E-state index in [2.05, 4.69) is 5.32 Å². The summed E-state index contributed by atoms with van der Waals surface area (Å²) in [5, 5.41) is 13.4. The number of nitrogens with zero attached hydrogens (tertiary/aromatic N) is 1. The molecule has 1 amide bonds. The van der Waals surface area contributed by atoms with Gasteiger partial charge in [0.05, 0.1) is 4.92 Å². The first-order chi connectivity index (χ1) is 13.6. The van der Waals surface area contributed by atoms with Gasteiger partial charge in [-0.1, -0.05) is 77.3 Å². The number of hydrogen-bond acceptors (Lipinski definition) is 4. The molecule has 0 saturated carbocycles. The quantitative estimate of drug-likeness (QED) is 0.243. The van der Waals surface area contributed by atoms with E-state index in [0.29, 0.717) is 0 Å². The van der Waals surface area contributed by atoms with Crippen LogP contribution in [0, 0.1) is 16.0 Å². The van der Waals surface area contributed by atoms with Crippen LogP contribution in [0.25, 0.3) is 6.08 Å². The van der Waals surface area contributed by atoms with Gasteiger partial charge < -0.3 is 5.32 Å². The predicted octanol–water partition coefficient (Wildman–Crippen LogP) is 5.58. The topological polar surface area (TPSA) is 89.3 Å². The van der Waals surface area contributed by atoms with Gasteiger partial charge in [-0.2, -0.15) is 0 Å². The van der Waals surface area contributed by atoms with Crippen LogP contribution >= 0.6 is 34.8 Å². The fourth-order valence-corrected chi connectivity index (χ4v) is 2.96. The molecule has 2 aromatic rings. The molecule has 1 N–H and O–H groups in total. The van der Waals surface area contributed by atoms with Gasteiger partial charge in [-0.3, -0.25) is 19.7 Å². The molecule has 152 valence electrons. The highest BCUT2D eigenvalue weighted by atomic mass is 35.6. The van der Waals surface area contributed by atoms with Gasteiger partial charge in [0.25, 0.3) is 5.69 Å². The van der Waals surface area contributed by atoms with Crippen LogP contribution in [0.5, 0.6) is 0 Å². The van der Waals surface area contributed by atoms with Crippen LogP contribution in [0.2, 0.25) is 0 Å². The van der Waals surface area contributed by atoms with Crippen LogP contribution in [0.3, 0.4) is 0 Å². The number of non-ortho nitro benzene ring substituents is 1. The second-order valence-electron chi connectivity index (χ2n) is 6.21. The summed E-state index contributed by atoms with van der Waals surface area (Å²) in [6, 6.07) is 14.7. The van der Waals surface area contributed by atoms with Crippen molar-refractivity contribution in [3.8, 4) is 0 Å². The van der Waals surface area contributed by atoms with E-state index in [4.69, 9.17) is 34.8 Å². The van der Waals surface area contributed by atoms with Crippen molar-refractivity contribution in [2.75, 3.05) is 5.32 Å². The van der Waals surface area contributed by atoms with E-state index in [-0.39, 0.29) is 30.0 Å². The molecule has 0 fully saturated rings. The second-order valence-corrected chi connectivity index (χ2v) is 8.58. The minimum absolute atomic E-state index is 0.151. The number of allylic oxidation sites excluding steroid dienone is 1. The minimum Gasteiger partial charge on any atom is -0.326 e. The highest BCUT2D eigenvalue weighted by Crippen LogP contribution is 2.39. The summed E-state index contributed by atoms with van der Waals surface area (Å²) in [5.41, 5.74) is 0.916. The molecule has 0 aliphatic carbocycles. The van der Waals surface area contributed by atoms with Crippen molar-refractivity contribution in [3.05, 3.63) is 76.4 Å². The number of carbonyl (C=O) groups excluding carboxylic acids is 2. The molecule has 0 bridgehead atoms. The summed E-state index contributed by atoms with van der Waals surface area (Å²) in [6.45, 7) is 0. The van der Waals surface area contributed by atoms with E-state index in [1.165, 1.54) is 30.3 Å². The van der Waals surface area contributed by atoms with Crippen molar-refractivity contribution in [1.82, 2.24) is 0 Å². The number of nitrogens with one attached hydrogen (secondary N) is 1. The molecule has 29 heavy (non-hydrogen) atoms. The first kappa shape index (κ1) is 22.9. The number of hydrogen-bond donors (Lipinski definition) is 1. The number of benzene rings is 2. The van der Waals surface area contributed by atoms with Gasteiger partial charge in [-0.25, -0.2) is 0 Å². The summed E-state index contributed by atoms with van der Waals surface area (Å²) in [5.74, 6) is -1.70. The largest absolute Gasteiger partial charge is 0.326 e. The Balaban J connectivity index is 2.02. The van der Waals surface area contributed by atoms with Gasteiger partial charge in [0.15, 0.2) is 9.58 Å². The van der Waals surface area contributed by atoms with Crippen LogP contribution in [0.15, 0.2) is 60.7 Å². The Labute approximate surface area is 182 Å². The summed E-state index contributed by atoms with van der Waals surface area (Å²) in [7, 11) is 0. The zero-order valence-corrected chi connectivity index (χ0v) is 17.3. The molecule has 0 radical (unpaired) electrons. The first-order valence-electron chi connectivity index (χ1n) is 8.52. The Morgan fingerprint density at radius 1 is 1.07 bits per heavy atom. The molecule has 1 unspecified atom stereocenters. The minimum atomic E-state index is -1.84. The maximum Gasteiger partial charge on any atom is 0.271 e. The molecular weight excluding hydrogens is 439 g/mol. The third-order valence-corrected chi connectivity index (χ3v) is 4.87. The maximum absolute atomic E-state index is 12.3. The Morgan fingerprint density at radius 3 is 2.38 bits per heavy atom. The van der Waals surface area contributed by atoms with Crippen molar-refractivity contribution in [1.29, 1.82) is 0 Å². The smallest absolute Gasteiger partial charge is 0.271 e. The van der Waals surface area contributed by atoms with Gasteiger partial charge in [0.1, 0.15) is 0 Å². The SMILES string of the molecule is O=C(/C=C/c1ccccc1)CC(CC(=O)Nc1cccc([N+](=O)[O-])c1)C(Cl)(Cl)Cl. The van der Waals surface area contributed by atoms with Gasteiger partial charge in [-0.15, -0.1) is 0 Å². The lowest BCUT2D eigenvalue weighted by Gasteiger charge is -2.23. The number of ketones is 1. The predicted molar refractivity (Wildman–Crippen MR) is 115 cm³/mol. The molecule has 0 aromatic heterocycles. The number of halogens is 3. The number of carbonyl (C=O) groups is 2. The fraction of sp³-hybridized carbons (Fsp3) is 0.200. The van der Waals surface area contributed by atoms with E-state index >= 15 is 0 Å². The zero-order valence-electron chi connectivity index (χ0n) is 15.1. The van der Waals surface area contributed by atoms with E-state index < -0.39 is 20.5 Å². The fourth-order valence-electron chi connectivity index (χ4n) is 2.50. The van der Waals surface area contributed by atoms with Crippen molar-refractivity contribution in [2.45, 2.75) is 16.6 Å². The maximum atomic E-state index is 12.3. The Kier molecular flexibility index (Phi) is 8.20. The van der Waals surface area contributed by atoms with Crippen molar-refractivity contribution < 1.29 is 14.5 Å². The first-order valence-corrected chi connectivity index (χ1v) is 9.65. The van der Waals surface area contributed by atoms with Crippen LogP contribution in [0.1, 0.15) is 18.4 Å². The molecule has 2 aromatic carbocycles. The number of anilines is 1. The summed E-state index contributed by atoms with van der Waals surface area (Å²) < 4.78 is -1.84. The zero-order chi connectivity index (χ0) is 21.4. The number of alkyl halides is 3. The van der Waals surface area contributed by atoms with E-state index in [1.807, 2.05) is 30.3 Å². The lowest BCUT2D eigenvalue weighted by atomic mass is 9.99. The average Bonchev–Trinajstić information content (AvgIpc) is 2.66. The molecule has 0 heterocycles. The number of amides is 1. The normalized spacial score (nSPS) is 12.5. The average molecular weight is 456 g/mol. The summed E-state index contributed by atoms with van der Waals surface area (Å²) in [6.07, 6.45) is 2.62. The van der Waals surface area contributed by atoms with Crippen LogP contribution < -0.4 is 5.32 Å². The van der Waals surface area contributed by atoms with Gasteiger partial charge in [0.2, 0.25) is 5.91 Å². The highest BCUT2D eigenvalue weighted by molar-refractivity contribution is 6.67. The molecule has 0 saturated heterocycles. The second kappa shape index (κ2) is 10.4. The molecule has 1 atom stereocenters. The standard InChI is InChI=1S/C20H17Cl3N2O4/c21-20(22,23)15(11-18(26)10-9-14-5-2-1-3-6-14)12-19(27)24-16-7-4-8-17(13-16)25(28)29/h1-10,13,15H,11-12H2,(H,24,27)/b10-9+. The van der Waals surface area contributed by atoms with Gasteiger partial charge in [0, 0.05) is 36.6 Å².